The summed E-state index contributed by atoms with van der Waals surface area (Å²) < 4.78 is 46.2. The molecule has 1 saturated heterocycles. The Morgan fingerprint density at radius 1 is 1.36 bits per heavy atom. The van der Waals surface area contributed by atoms with Crippen LogP contribution in [0.1, 0.15) is 35.8 Å². The number of amides is 1. The first-order chi connectivity index (χ1) is 15.9. The normalized spacial score (nSPS) is 26.5. The highest BCUT2D eigenvalue weighted by atomic mass is 19.1. The van der Waals surface area contributed by atoms with Gasteiger partial charge in [0.05, 0.1) is 38.1 Å². The maximum atomic E-state index is 15.1. The smallest absolute Gasteiger partial charge is 0.283 e. The zero-order chi connectivity index (χ0) is 23.6. The maximum absolute atomic E-state index is 15.1. The summed E-state index contributed by atoms with van der Waals surface area (Å²) in [4.78, 5) is 24.7. The van der Waals surface area contributed by atoms with Crippen LogP contribution >= 0.6 is 0 Å². The van der Waals surface area contributed by atoms with E-state index < -0.39 is 36.0 Å². The fourth-order valence-electron chi connectivity index (χ4n) is 4.29. The summed E-state index contributed by atoms with van der Waals surface area (Å²) in [6, 6.07) is 3.67. The fourth-order valence-corrected chi connectivity index (χ4v) is 4.29. The predicted molar refractivity (Wildman–Crippen MR) is 115 cm³/mol. The molecule has 1 amide bonds. The molecule has 4 atom stereocenters. The van der Waals surface area contributed by atoms with E-state index in [2.05, 4.69) is 20.3 Å². The number of anilines is 1. The number of benzene rings is 1. The van der Waals surface area contributed by atoms with Crippen LogP contribution in [0, 0.1) is 11.7 Å². The van der Waals surface area contributed by atoms with Gasteiger partial charge >= 0.3 is 0 Å². The van der Waals surface area contributed by atoms with Gasteiger partial charge in [-0.2, -0.15) is 0 Å². The van der Waals surface area contributed by atoms with E-state index in [1.165, 1.54) is 31.6 Å². The SMILES string of the molecule is CC[C@@H]1C[C@H]2OC(N)=N[C@](CF)(c3cc(NC(=O)c4cnc(OC)cn4)ccc3F)[C@H]2CO1. The van der Waals surface area contributed by atoms with E-state index >= 15 is 4.39 Å². The first-order valence-electron chi connectivity index (χ1n) is 10.6. The van der Waals surface area contributed by atoms with Gasteiger partial charge in [-0.15, -0.1) is 0 Å². The van der Waals surface area contributed by atoms with Gasteiger partial charge in [0.1, 0.15) is 29.8 Å². The molecule has 33 heavy (non-hydrogen) atoms. The average molecular weight is 461 g/mol. The Bertz CT molecular complexity index is 1050. The van der Waals surface area contributed by atoms with Crippen LogP contribution < -0.4 is 15.8 Å². The number of nitrogens with zero attached hydrogens (tertiary/aromatic N) is 3. The maximum Gasteiger partial charge on any atom is 0.283 e. The van der Waals surface area contributed by atoms with Gasteiger partial charge in [0.25, 0.3) is 11.9 Å². The van der Waals surface area contributed by atoms with Crippen LogP contribution in [0.2, 0.25) is 0 Å². The molecule has 0 saturated carbocycles. The van der Waals surface area contributed by atoms with Crippen molar-refractivity contribution in [3.63, 3.8) is 0 Å². The van der Waals surface area contributed by atoms with E-state index in [-0.39, 0.29) is 41.6 Å². The number of methoxy groups -OCH3 is 1. The summed E-state index contributed by atoms with van der Waals surface area (Å²) in [6.45, 7) is 1.10. The van der Waals surface area contributed by atoms with E-state index in [1.54, 1.807) is 0 Å². The van der Waals surface area contributed by atoms with Crippen molar-refractivity contribution in [3.05, 3.63) is 47.7 Å². The molecule has 0 aliphatic carbocycles. The van der Waals surface area contributed by atoms with E-state index in [4.69, 9.17) is 19.9 Å². The van der Waals surface area contributed by atoms with Crippen LogP contribution in [-0.2, 0) is 15.0 Å². The van der Waals surface area contributed by atoms with E-state index in [0.29, 0.717) is 6.42 Å². The molecular weight excluding hydrogens is 436 g/mol. The van der Waals surface area contributed by atoms with E-state index in [0.717, 1.165) is 12.5 Å². The molecule has 1 aromatic carbocycles. The summed E-state index contributed by atoms with van der Waals surface area (Å²) in [6.07, 6.45) is 3.28. The Morgan fingerprint density at radius 2 is 2.18 bits per heavy atom. The Morgan fingerprint density at radius 3 is 2.85 bits per heavy atom. The molecule has 1 fully saturated rings. The Balaban J connectivity index is 1.66. The van der Waals surface area contributed by atoms with E-state index in [9.17, 15) is 9.18 Å². The third kappa shape index (κ3) is 4.32. The van der Waals surface area contributed by atoms with Crippen molar-refractivity contribution in [1.82, 2.24) is 9.97 Å². The highest BCUT2D eigenvalue weighted by Crippen LogP contribution is 2.45. The molecule has 0 bridgehead atoms. The van der Waals surface area contributed by atoms with Gasteiger partial charge < -0.3 is 25.3 Å². The van der Waals surface area contributed by atoms with Gasteiger partial charge in [-0.3, -0.25) is 4.79 Å². The number of alkyl halides is 1. The topological polar surface area (TPSA) is 121 Å². The molecule has 176 valence electrons. The first kappa shape index (κ1) is 22.8. The van der Waals surface area contributed by atoms with Gasteiger partial charge in [0, 0.05) is 17.7 Å². The zero-order valence-electron chi connectivity index (χ0n) is 18.3. The Labute approximate surface area is 189 Å². The molecule has 11 heteroatoms. The number of amidine groups is 1. The molecule has 4 rings (SSSR count). The molecule has 3 heterocycles. The number of rotatable bonds is 6. The van der Waals surface area contributed by atoms with Crippen molar-refractivity contribution in [2.45, 2.75) is 37.5 Å². The lowest BCUT2D eigenvalue weighted by atomic mass is 9.73. The number of aromatic nitrogens is 2. The second kappa shape index (κ2) is 9.26. The monoisotopic (exact) mass is 461 g/mol. The third-order valence-electron chi connectivity index (χ3n) is 6.07. The fraction of sp³-hybridized carbons (Fsp3) is 0.455. The van der Waals surface area contributed by atoms with Crippen molar-refractivity contribution >= 4 is 17.6 Å². The number of carbonyl (C=O) groups excluding carboxylic acids is 1. The number of aliphatic imine (C=N–C) groups is 1. The lowest BCUT2D eigenvalue weighted by Crippen LogP contribution is -2.56. The lowest BCUT2D eigenvalue weighted by Gasteiger charge is -2.47. The standard InChI is InChI=1S/C22H25F2N5O4/c1-3-13-7-18-15(10-32-13)22(11-23,29-21(25)33-18)14-6-12(4-5-16(14)24)28-20(30)17-8-27-19(31-2)9-26-17/h4-6,8-9,13,15,18H,3,7,10-11H2,1-2H3,(H2,25,29)(H,28,30)/t13-,15+,18-,22-/m1/s1. The van der Waals surface area contributed by atoms with E-state index in [1.807, 2.05) is 6.92 Å². The zero-order valence-corrected chi connectivity index (χ0v) is 18.3. The summed E-state index contributed by atoms with van der Waals surface area (Å²) in [5.74, 6) is -1.59. The summed E-state index contributed by atoms with van der Waals surface area (Å²) in [7, 11) is 1.43. The number of hydrogen-bond donors (Lipinski definition) is 2. The summed E-state index contributed by atoms with van der Waals surface area (Å²) in [5, 5.41) is 2.63. The van der Waals surface area contributed by atoms with Crippen LogP contribution in [-0.4, -0.2) is 54.5 Å². The van der Waals surface area contributed by atoms with Gasteiger partial charge in [-0.1, -0.05) is 6.92 Å². The highest BCUT2D eigenvalue weighted by Gasteiger charge is 2.53. The number of nitrogens with one attached hydrogen (secondary N) is 1. The van der Waals surface area contributed by atoms with Crippen LogP contribution in [0.3, 0.4) is 0 Å². The Hall–Kier alpha value is -3.34. The number of nitrogens with two attached hydrogens (primary N) is 1. The number of carbonyl (C=O) groups is 1. The lowest BCUT2D eigenvalue weighted by molar-refractivity contribution is -0.115. The minimum Gasteiger partial charge on any atom is -0.480 e. The number of ether oxygens (including phenoxy) is 3. The minimum atomic E-state index is -1.64. The largest absolute Gasteiger partial charge is 0.480 e. The van der Waals surface area contributed by atoms with Crippen LogP contribution in [0.15, 0.2) is 35.6 Å². The molecule has 2 aliphatic rings. The molecule has 0 spiro atoms. The molecule has 9 nitrogen and oxygen atoms in total. The highest BCUT2D eigenvalue weighted by molar-refractivity contribution is 6.02. The third-order valence-corrected chi connectivity index (χ3v) is 6.07. The predicted octanol–water partition coefficient (Wildman–Crippen LogP) is 2.57. The number of fused-ring (bicyclic) bond motifs is 1. The van der Waals surface area contributed by atoms with Gasteiger partial charge in [-0.25, -0.2) is 23.7 Å². The average Bonchev–Trinajstić information content (AvgIpc) is 2.84. The van der Waals surface area contributed by atoms with Crippen molar-refractivity contribution < 1.29 is 27.8 Å². The van der Waals surface area contributed by atoms with Crippen LogP contribution in [0.25, 0.3) is 0 Å². The van der Waals surface area contributed by atoms with Crippen molar-refractivity contribution in [3.8, 4) is 5.88 Å². The van der Waals surface area contributed by atoms with Crippen LogP contribution in [0.5, 0.6) is 5.88 Å². The minimum absolute atomic E-state index is 0.0292. The van der Waals surface area contributed by atoms with Gasteiger partial charge in [0.15, 0.2) is 0 Å². The molecule has 0 radical (unpaired) electrons. The van der Waals surface area contributed by atoms with Gasteiger partial charge in [-0.05, 0) is 24.6 Å². The van der Waals surface area contributed by atoms with Crippen LogP contribution in [0.4, 0.5) is 14.5 Å². The molecule has 3 N–H and O–H groups in total. The van der Waals surface area contributed by atoms with Crippen molar-refractivity contribution in [2.75, 3.05) is 25.7 Å². The molecule has 0 unspecified atom stereocenters. The van der Waals surface area contributed by atoms with Crippen molar-refractivity contribution in [1.29, 1.82) is 0 Å². The second-order valence-electron chi connectivity index (χ2n) is 7.96. The first-order valence-corrected chi connectivity index (χ1v) is 10.6. The second-order valence-corrected chi connectivity index (χ2v) is 7.96. The van der Waals surface area contributed by atoms with Gasteiger partial charge in [0.2, 0.25) is 5.88 Å². The molecule has 1 aromatic heterocycles. The number of halogens is 2. The molecule has 2 aliphatic heterocycles. The summed E-state index contributed by atoms with van der Waals surface area (Å²) in [5.41, 5.74) is 4.47. The van der Waals surface area contributed by atoms with Crippen molar-refractivity contribution in [2.24, 2.45) is 16.6 Å². The summed E-state index contributed by atoms with van der Waals surface area (Å²) >= 11 is 0. The number of hydrogen-bond acceptors (Lipinski definition) is 8. The molecular formula is C22H25F2N5O4. The quantitative estimate of drug-likeness (QED) is 0.678. The molecule has 2 aromatic rings. The Kier molecular flexibility index (Phi) is 6.41.